The van der Waals surface area contributed by atoms with Gasteiger partial charge < -0.3 is 5.32 Å². The summed E-state index contributed by atoms with van der Waals surface area (Å²) in [6.07, 6.45) is 1.75. The van der Waals surface area contributed by atoms with Gasteiger partial charge in [-0.15, -0.1) is 11.3 Å². The predicted molar refractivity (Wildman–Crippen MR) is 80.4 cm³/mol. The van der Waals surface area contributed by atoms with Crippen LogP contribution < -0.4 is 5.32 Å². The number of thiazole rings is 1. The van der Waals surface area contributed by atoms with E-state index in [9.17, 15) is 0 Å². The number of hydrogen-bond donors (Lipinski definition) is 1. The van der Waals surface area contributed by atoms with Crippen LogP contribution in [0.25, 0.3) is 11.4 Å². The summed E-state index contributed by atoms with van der Waals surface area (Å²) >= 11 is 7.38. The van der Waals surface area contributed by atoms with Crippen LogP contribution in [0.5, 0.6) is 0 Å². The molecule has 0 aliphatic heterocycles. The van der Waals surface area contributed by atoms with E-state index in [-0.39, 0.29) is 0 Å². The third-order valence-electron chi connectivity index (χ3n) is 2.47. The molecular weight excluding hydrogens is 294 g/mol. The van der Waals surface area contributed by atoms with E-state index in [0.717, 1.165) is 16.5 Å². The van der Waals surface area contributed by atoms with Gasteiger partial charge in [0.2, 0.25) is 0 Å². The number of halogens is 1. The van der Waals surface area contributed by atoms with E-state index in [1.54, 1.807) is 19.2 Å². The smallest absolute Gasteiger partial charge is 0.188 e. The molecule has 20 heavy (non-hydrogen) atoms. The Hall–Kier alpha value is -2.05. The first-order valence-electron chi connectivity index (χ1n) is 5.86. The average molecular weight is 304 g/mol. The van der Waals surface area contributed by atoms with Crippen molar-refractivity contribution in [3.63, 3.8) is 0 Å². The van der Waals surface area contributed by atoms with E-state index < -0.39 is 0 Å². The lowest BCUT2D eigenvalue weighted by Gasteiger charge is -2.02. The van der Waals surface area contributed by atoms with E-state index in [1.165, 1.54) is 11.3 Å². The highest BCUT2D eigenvalue weighted by molar-refractivity contribution is 7.14. The minimum absolute atomic E-state index is 0.404. The molecule has 0 fully saturated rings. The van der Waals surface area contributed by atoms with Crippen molar-refractivity contribution in [3.05, 3.63) is 46.8 Å². The first kappa shape index (κ1) is 13.0. The Balaban J connectivity index is 1.84. The molecule has 0 atom stereocenters. The second kappa shape index (κ2) is 5.52. The quantitative estimate of drug-likeness (QED) is 0.747. The number of aromatic nitrogens is 4. The average Bonchev–Trinajstić information content (AvgIpc) is 2.87. The minimum Gasteiger partial charge on any atom is -0.316 e. The summed E-state index contributed by atoms with van der Waals surface area (Å²) in [7, 11) is 0. The van der Waals surface area contributed by atoms with Gasteiger partial charge in [-0.25, -0.2) is 15.0 Å². The Kier molecular flexibility index (Phi) is 3.58. The Morgan fingerprint density at radius 3 is 2.80 bits per heavy atom. The van der Waals surface area contributed by atoms with Gasteiger partial charge in [-0.2, -0.15) is 0 Å². The number of nitrogens with one attached hydrogen (secondary N) is 1. The fourth-order valence-electron chi connectivity index (χ4n) is 1.67. The van der Waals surface area contributed by atoms with Gasteiger partial charge in [0.15, 0.2) is 5.13 Å². The molecule has 3 heterocycles. The maximum atomic E-state index is 5.90. The molecule has 0 aliphatic rings. The van der Waals surface area contributed by atoms with Gasteiger partial charge in [0.1, 0.15) is 22.5 Å². The fraction of sp³-hybridized carbons (Fsp3) is 0.0769. The number of rotatable bonds is 3. The normalized spacial score (nSPS) is 10.5. The Morgan fingerprint density at radius 1 is 1.15 bits per heavy atom. The van der Waals surface area contributed by atoms with Crippen LogP contribution in [0.4, 0.5) is 10.9 Å². The zero-order chi connectivity index (χ0) is 13.9. The van der Waals surface area contributed by atoms with E-state index in [2.05, 4.69) is 25.3 Å². The summed E-state index contributed by atoms with van der Waals surface area (Å²) in [5.41, 5.74) is 1.67. The van der Waals surface area contributed by atoms with E-state index >= 15 is 0 Å². The molecule has 0 aromatic carbocycles. The molecular formula is C13H10ClN5S. The first-order chi connectivity index (χ1) is 9.70. The summed E-state index contributed by atoms with van der Waals surface area (Å²) < 4.78 is 0. The second-order valence-corrected chi connectivity index (χ2v) is 5.25. The van der Waals surface area contributed by atoms with Crippen LogP contribution in [0.2, 0.25) is 5.15 Å². The maximum Gasteiger partial charge on any atom is 0.188 e. The molecule has 0 bridgehead atoms. The molecule has 0 unspecified atom stereocenters. The highest BCUT2D eigenvalue weighted by atomic mass is 35.5. The van der Waals surface area contributed by atoms with Crippen molar-refractivity contribution in [1.82, 2.24) is 19.9 Å². The van der Waals surface area contributed by atoms with Crippen LogP contribution in [-0.2, 0) is 0 Å². The molecule has 7 heteroatoms. The van der Waals surface area contributed by atoms with Crippen LogP contribution in [0.15, 0.2) is 35.8 Å². The molecule has 0 radical (unpaired) electrons. The predicted octanol–water partition coefficient (Wildman–Crippen LogP) is 3.70. The molecule has 0 saturated heterocycles. The zero-order valence-electron chi connectivity index (χ0n) is 10.5. The SMILES string of the molecule is Cc1nc(Cl)cc(Nc2nc(-c3ccccn3)cs2)n1. The number of anilines is 2. The number of pyridine rings is 1. The molecule has 3 aromatic rings. The topological polar surface area (TPSA) is 63.6 Å². The van der Waals surface area contributed by atoms with Gasteiger partial charge >= 0.3 is 0 Å². The fourth-order valence-corrected chi connectivity index (χ4v) is 2.60. The minimum atomic E-state index is 0.404. The van der Waals surface area contributed by atoms with Crippen molar-refractivity contribution in [2.75, 3.05) is 5.32 Å². The molecule has 0 spiro atoms. The molecule has 0 saturated carbocycles. The van der Waals surface area contributed by atoms with Crippen LogP contribution in [-0.4, -0.2) is 19.9 Å². The van der Waals surface area contributed by atoms with Gasteiger partial charge in [-0.05, 0) is 19.1 Å². The lowest BCUT2D eigenvalue weighted by atomic mass is 10.3. The number of hydrogen-bond acceptors (Lipinski definition) is 6. The molecule has 5 nitrogen and oxygen atoms in total. The Morgan fingerprint density at radius 2 is 2.05 bits per heavy atom. The van der Waals surface area contributed by atoms with E-state index in [0.29, 0.717) is 16.8 Å². The van der Waals surface area contributed by atoms with Crippen LogP contribution in [0.1, 0.15) is 5.82 Å². The summed E-state index contributed by atoms with van der Waals surface area (Å²) in [5.74, 6) is 1.24. The van der Waals surface area contributed by atoms with Gasteiger partial charge in [0, 0.05) is 17.6 Å². The molecule has 0 amide bonds. The summed E-state index contributed by atoms with van der Waals surface area (Å²) in [6, 6.07) is 7.39. The second-order valence-electron chi connectivity index (χ2n) is 4.00. The van der Waals surface area contributed by atoms with Crippen LogP contribution in [0, 0.1) is 6.92 Å². The van der Waals surface area contributed by atoms with Gasteiger partial charge in [0.05, 0.1) is 5.69 Å². The largest absolute Gasteiger partial charge is 0.316 e. The van der Waals surface area contributed by atoms with Gasteiger partial charge in [-0.3, -0.25) is 4.98 Å². The van der Waals surface area contributed by atoms with E-state index in [1.807, 2.05) is 23.6 Å². The molecule has 100 valence electrons. The number of aryl methyl sites for hydroxylation is 1. The van der Waals surface area contributed by atoms with Crippen molar-refractivity contribution in [2.24, 2.45) is 0 Å². The third kappa shape index (κ3) is 2.92. The highest BCUT2D eigenvalue weighted by Gasteiger charge is 2.07. The van der Waals surface area contributed by atoms with Gasteiger partial charge in [-0.1, -0.05) is 17.7 Å². The summed E-state index contributed by atoms with van der Waals surface area (Å²) in [4.78, 5) is 17.0. The summed E-state index contributed by atoms with van der Waals surface area (Å²) in [6.45, 7) is 1.79. The zero-order valence-corrected chi connectivity index (χ0v) is 12.1. The third-order valence-corrected chi connectivity index (χ3v) is 3.42. The lowest BCUT2D eigenvalue weighted by Crippen LogP contribution is -1.97. The van der Waals surface area contributed by atoms with Crippen LogP contribution in [0.3, 0.4) is 0 Å². The molecule has 3 rings (SSSR count). The van der Waals surface area contributed by atoms with Crippen molar-refractivity contribution in [2.45, 2.75) is 6.92 Å². The monoisotopic (exact) mass is 303 g/mol. The standard InChI is InChI=1S/C13H10ClN5S/c1-8-16-11(14)6-12(17-8)19-13-18-10(7-20-13)9-4-2-3-5-15-9/h2-7H,1H3,(H,16,17,18,19). The van der Waals surface area contributed by atoms with Gasteiger partial charge in [0.25, 0.3) is 0 Å². The Labute approximate surface area is 124 Å². The lowest BCUT2D eigenvalue weighted by molar-refractivity contribution is 1.06. The first-order valence-corrected chi connectivity index (χ1v) is 7.11. The van der Waals surface area contributed by atoms with Crippen molar-refractivity contribution in [1.29, 1.82) is 0 Å². The molecule has 3 aromatic heterocycles. The maximum absolute atomic E-state index is 5.90. The highest BCUT2D eigenvalue weighted by Crippen LogP contribution is 2.25. The van der Waals surface area contributed by atoms with Crippen LogP contribution >= 0.6 is 22.9 Å². The molecule has 0 aliphatic carbocycles. The molecule has 1 N–H and O–H groups in total. The Bertz CT molecular complexity index is 708. The van der Waals surface area contributed by atoms with Crippen molar-refractivity contribution < 1.29 is 0 Å². The van der Waals surface area contributed by atoms with Crippen molar-refractivity contribution in [3.8, 4) is 11.4 Å². The number of nitrogens with zero attached hydrogens (tertiary/aromatic N) is 4. The van der Waals surface area contributed by atoms with E-state index in [4.69, 9.17) is 11.6 Å². The summed E-state index contributed by atoms with van der Waals surface area (Å²) in [5, 5.41) is 6.20. The van der Waals surface area contributed by atoms with Crippen molar-refractivity contribution >= 4 is 33.9 Å².